The summed E-state index contributed by atoms with van der Waals surface area (Å²) in [4.78, 5) is 22.0. The van der Waals surface area contributed by atoms with Gasteiger partial charge in [0.15, 0.2) is 0 Å². The summed E-state index contributed by atoms with van der Waals surface area (Å²) in [5, 5.41) is 11.4. The normalized spacial score (nSPS) is 9.94. The van der Waals surface area contributed by atoms with Crippen molar-refractivity contribution in [1.82, 2.24) is 0 Å². The summed E-state index contributed by atoms with van der Waals surface area (Å²) < 4.78 is 0. The molecular formula is C12H15NO3S. The topological polar surface area (TPSA) is 66.4 Å². The summed E-state index contributed by atoms with van der Waals surface area (Å²) >= 11 is 1.61. The van der Waals surface area contributed by atoms with Gasteiger partial charge in [-0.1, -0.05) is 12.1 Å². The summed E-state index contributed by atoms with van der Waals surface area (Å²) in [6.45, 7) is 0. The number of hydrogen-bond acceptors (Lipinski definition) is 3. The summed E-state index contributed by atoms with van der Waals surface area (Å²) in [7, 11) is 0. The lowest BCUT2D eigenvalue weighted by atomic mass is 10.1. The number of amides is 1. The highest BCUT2D eigenvalue weighted by molar-refractivity contribution is 7.98. The highest BCUT2D eigenvalue weighted by Gasteiger charge is 2.04. The van der Waals surface area contributed by atoms with Gasteiger partial charge in [-0.3, -0.25) is 9.59 Å². The molecule has 0 fully saturated rings. The lowest BCUT2D eigenvalue weighted by molar-refractivity contribution is -0.136. The Kier molecular flexibility index (Phi) is 5.56. The first-order valence-corrected chi connectivity index (χ1v) is 6.60. The predicted molar refractivity (Wildman–Crippen MR) is 69.4 cm³/mol. The molecule has 0 aliphatic carbocycles. The number of carboxylic acid groups (broad SMARTS) is 1. The molecule has 0 bridgehead atoms. The molecule has 1 aromatic carbocycles. The molecule has 0 saturated heterocycles. The Balaban J connectivity index is 2.59. The van der Waals surface area contributed by atoms with Crippen LogP contribution in [0.15, 0.2) is 24.3 Å². The summed E-state index contributed by atoms with van der Waals surface area (Å²) in [6.07, 6.45) is 2.37. The van der Waals surface area contributed by atoms with Crippen LogP contribution in [0.5, 0.6) is 0 Å². The van der Waals surface area contributed by atoms with E-state index in [1.807, 2.05) is 6.26 Å². The number of carbonyl (C=O) groups excluding carboxylic acids is 1. The maximum atomic E-state index is 11.5. The van der Waals surface area contributed by atoms with Crippen LogP contribution in [0.1, 0.15) is 12.0 Å². The molecule has 4 nitrogen and oxygen atoms in total. The maximum absolute atomic E-state index is 11.5. The second-order valence-corrected chi connectivity index (χ2v) is 4.55. The number of aliphatic carboxylic acids is 1. The van der Waals surface area contributed by atoms with Crippen molar-refractivity contribution in [3.63, 3.8) is 0 Å². The van der Waals surface area contributed by atoms with E-state index in [9.17, 15) is 9.59 Å². The van der Waals surface area contributed by atoms with Crippen molar-refractivity contribution in [2.45, 2.75) is 12.8 Å². The zero-order chi connectivity index (χ0) is 12.7. The van der Waals surface area contributed by atoms with Gasteiger partial charge in [-0.2, -0.15) is 11.8 Å². The van der Waals surface area contributed by atoms with Crippen LogP contribution in [0, 0.1) is 0 Å². The number of hydrogen-bond donors (Lipinski definition) is 2. The van der Waals surface area contributed by atoms with Crippen LogP contribution in [0.2, 0.25) is 0 Å². The molecule has 1 aromatic rings. The molecule has 0 saturated carbocycles. The quantitative estimate of drug-likeness (QED) is 0.813. The van der Waals surface area contributed by atoms with E-state index >= 15 is 0 Å². The fraction of sp³-hybridized carbons (Fsp3) is 0.333. The smallest absolute Gasteiger partial charge is 0.307 e. The zero-order valence-electron chi connectivity index (χ0n) is 9.60. The molecule has 0 radical (unpaired) electrons. The standard InChI is InChI=1S/C12H15NO3S/c1-17-6-5-11(14)13-10-4-2-3-9(7-10)8-12(15)16/h2-4,7H,5-6,8H2,1H3,(H,13,14)(H,15,16). The molecule has 0 aliphatic heterocycles. The second kappa shape index (κ2) is 6.96. The van der Waals surface area contributed by atoms with Gasteiger partial charge < -0.3 is 10.4 Å². The number of benzene rings is 1. The molecule has 1 amide bonds. The Morgan fingerprint density at radius 2 is 2.18 bits per heavy atom. The van der Waals surface area contributed by atoms with Gasteiger partial charge >= 0.3 is 5.97 Å². The lowest BCUT2D eigenvalue weighted by Crippen LogP contribution is -2.12. The number of carbonyl (C=O) groups is 2. The van der Waals surface area contributed by atoms with Crippen LogP contribution in [0.25, 0.3) is 0 Å². The average Bonchev–Trinajstić information content (AvgIpc) is 2.26. The van der Waals surface area contributed by atoms with Crippen molar-refractivity contribution >= 4 is 29.3 Å². The van der Waals surface area contributed by atoms with Crippen molar-refractivity contribution in [3.05, 3.63) is 29.8 Å². The Morgan fingerprint density at radius 1 is 1.41 bits per heavy atom. The summed E-state index contributed by atoms with van der Waals surface area (Å²) in [6, 6.07) is 6.90. The SMILES string of the molecule is CSCCC(=O)Nc1cccc(CC(=O)O)c1. The minimum atomic E-state index is -0.879. The molecule has 0 spiro atoms. The molecule has 17 heavy (non-hydrogen) atoms. The Bertz CT molecular complexity index is 406. The molecule has 0 heterocycles. The first-order chi connectivity index (χ1) is 8.11. The van der Waals surface area contributed by atoms with Crippen LogP contribution >= 0.6 is 11.8 Å². The van der Waals surface area contributed by atoms with Gasteiger partial charge in [-0.25, -0.2) is 0 Å². The Hall–Kier alpha value is -1.49. The van der Waals surface area contributed by atoms with Crippen LogP contribution < -0.4 is 5.32 Å². The average molecular weight is 253 g/mol. The molecule has 0 aliphatic rings. The number of anilines is 1. The van der Waals surface area contributed by atoms with E-state index in [1.54, 1.807) is 36.0 Å². The largest absolute Gasteiger partial charge is 0.481 e. The molecular weight excluding hydrogens is 238 g/mol. The highest BCUT2D eigenvalue weighted by Crippen LogP contribution is 2.12. The molecule has 2 N–H and O–H groups in total. The number of carboxylic acids is 1. The maximum Gasteiger partial charge on any atom is 0.307 e. The highest BCUT2D eigenvalue weighted by atomic mass is 32.2. The first kappa shape index (κ1) is 13.6. The number of thioether (sulfide) groups is 1. The van der Waals surface area contributed by atoms with Crippen LogP contribution in [-0.4, -0.2) is 29.0 Å². The first-order valence-electron chi connectivity index (χ1n) is 5.21. The molecule has 1 rings (SSSR count). The third kappa shape index (κ3) is 5.40. The molecule has 0 aromatic heterocycles. The number of rotatable bonds is 6. The lowest BCUT2D eigenvalue weighted by Gasteiger charge is -2.06. The second-order valence-electron chi connectivity index (χ2n) is 3.56. The third-order valence-electron chi connectivity index (χ3n) is 2.10. The van der Waals surface area contributed by atoms with E-state index in [2.05, 4.69) is 5.32 Å². The van der Waals surface area contributed by atoms with E-state index in [0.29, 0.717) is 17.7 Å². The van der Waals surface area contributed by atoms with Crippen LogP contribution in [0.3, 0.4) is 0 Å². The van der Waals surface area contributed by atoms with Gasteiger partial charge in [0.25, 0.3) is 0 Å². The molecule has 0 unspecified atom stereocenters. The van der Waals surface area contributed by atoms with E-state index in [1.165, 1.54) is 0 Å². The number of nitrogens with one attached hydrogen (secondary N) is 1. The third-order valence-corrected chi connectivity index (χ3v) is 2.71. The summed E-state index contributed by atoms with van der Waals surface area (Å²) in [5.74, 6) is -0.150. The van der Waals surface area contributed by atoms with Gasteiger partial charge in [-0.15, -0.1) is 0 Å². The van der Waals surface area contributed by atoms with E-state index in [0.717, 1.165) is 5.75 Å². The van der Waals surface area contributed by atoms with Gasteiger partial charge in [0.05, 0.1) is 6.42 Å². The van der Waals surface area contributed by atoms with Crippen molar-refractivity contribution in [2.75, 3.05) is 17.3 Å². The summed E-state index contributed by atoms with van der Waals surface area (Å²) in [5.41, 5.74) is 1.33. The fourth-order valence-electron chi connectivity index (χ4n) is 1.35. The molecule has 0 atom stereocenters. The minimum Gasteiger partial charge on any atom is -0.481 e. The fourth-order valence-corrected chi connectivity index (χ4v) is 1.74. The van der Waals surface area contributed by atoms with E-state index < -0.39 is 5.97 Å². The Morgan fingerprint density at radius 3 is 2.82 bits per heavy atom. The van der Waals surface area contributed by atoms with Crippen LogP contribution in [0.4, 0.5) is 5.69 Å². The van der Waals surface area contributed by atoms with Crippen LogP contribution in [-0.2, 0) is 16.0 Å². The molecule has 5 heteroatoms. The van der Waals surface area contributed by atoms with E-state index in [4.69, 9.17) is 5.11 Å². The van der Waals surface area contributed by atoms with Gasteiger partial charge in [0.1, 0.15) is 0 Å². The zero-order valence-corrected chi connectivity index (χ0v) is 10.4. The van der Waals surface area contributed by atoms with Crippen molar-refractivity contribution in [2.24, 2.45) is 0 Å². The van der Waals surface area contributed by atoms with Gasteiger partial charge in [-0.05, 0) is 24.0 Å². The van der Waals surface area contributed by atoms with Gasteiger partial charge in [0.2, 0.25) is 5.91 Å². The Labute approximate surface area is 104 Å². The minimum absolute atomic E-state index is 0.0332. The molecule has 92 valence electrons. The van der Waals surface area contributed by atoms with Crippen molar-refractivity contribution in [1.29, 1.82) is 0 Å². The van der Waals surface area contributed by atoms with Crippen molar-refractivity contribution < 1.29 is 14.7 Å². The van der Waals surface area contributed by atoms with Crippen molar-refractivity contribution in [3.8, 4) is 0 Å². The van der Waals surface area contributed by atoms with E-state index in [-0.39, 0.29) is 12.3 Å². The van der Waals surface area contributed by atoms with Gasteiger partial charge in [0, 0.05) is 17.9 Å². The monoisotopic (exact) mass is 253 g/mol. The predicted octanol–water partition coefficient (Wildman–Crippen LogP) is 2.01.